The second-order valence-electron chi connectivity index (χ2n) is 5.64. The van der Waals surface area contributed by atoms with E-state index in [1.54, 1.807) is 20.8 Å². The number of halogens is 1. The van der Waals surface area contributed by atoms with Crippen LogP contribution in [0.25, 0.3) is 0 Å². The van der Waals surface area contributed by atoms with Gasteiger partial charge in [-0.05, 0) is 38.5 Å². The van der Waals surface area contributed by atoms with Crippen LogP contribution < -0.4 is 0 Å². The molecule has 0 amide bonds. The van der Waals surface area contributed by atoms with Crippen molar-refractivity contribution in [3.05, 3.63) is 34.3 Å². The number of ether oxygens (including phenoxy) is 1. The third-order valence-corrected chi connectivity index (χ3v) is 3.07. The van der Waals surface area contributed by atoms with Crippen LogP contribution in [0.4, 0.5) is 0 Å². The number of carbonyl (C=O) groups excluding carboxylic acids is 1. The average Bonchev–Trinajstić information content (AvgIpc) is 2.24. The van der Waals surface area contributed by atoms with Crippen molar-refractivity contribution >= 4 is 27.9 Å². The first-order valence-corrected chi connectivity index (χ1v) is 7.16. The van der Waals surface area contributed by atoms with Gasteiger partial charge in [0.25, 0.3) is 0 Å². The number of carboxylic acids is 1. The molecule has 0 heterocycles. The molecular formula is C15H19BrO4. The maximum atomic E-state index is 11.9. The molecule has 1 aromatic carbocycles. The topological polar surface area (TPSA) is 63.6 Å². The first-order valence-electron chi connectivity index (χ1n) is 6.36. The lowest BCUT2D eigenvalue weighted by atomic mass is 9.92. The summed E-state index contributed by atoms with van der Waals surface area (Å²) >= 11 is 3.35. The number of carbonyl (C=O) groups is 2. The van der Waals surface area contributed by atoms with Crippen LogP contribution in [0.5, 0.6) is 0 Å². The van der Waals surface area contributed by atoms with Gasteiger partial charge in [0.15, 0.2) is 0 Å². The van der Waals surface area contributed by atoms with Gasteiger partial charge in [-0.3, -0.25) is 9.59 Å². The van der Waals surface area contributed by atoms with E-state index in [1.807, 2.05) is 24.3 Å². The second kappa shape index (κ2) is 6.88. The standard InChI is InChI=1S/C15H19BrO4/c1-15(2,3)20-14(19)9-11(8-13(17)18)10-5-4-6-12(16)7-10/h4-7,11H,8-9H2,1-3H3,(H,17,18)/t11-/m1/s1. The minimum Gasteiger partial charge on any atom is -0.481 e. The van der Waals surface area contributed by atoms with Crippen molar-refractivity contribution in [1.82, 2.24) is 0 Å². The average molecular weight is 343 g/mol. The van der Waals surface area contributed by atoms with Crippen molar-refractivity contribution in [3.63, 3.8) is 0 Å². The molecule has 0 spiro atoms. The van der Waals surface area contributed by atoms with Gasteiger partial charge in [0.2, 0.25) is 0 Å². The molecule has 0 saturated carbocycles. The third-order valence-electron chi connectivity index (χ3n) is 2.57. The lowest BCUT2D eigenvalue weighted by Gasteiger charge is -2.22. The number of rotatable bonds is 5. The Morgan fingerprint density at radius 1 is 1.30 bits per heavy atom. The summed E-state index contributed by atoms with van der Waals surface area (Å²) in [7, 11) is 0. The number of hydrogen-bond donors (Lipinski definition) is 1. The fourth-order valence-electron chi connectivity index (χ4n) is 1.86. The number of benzene rings is 1. The summed E-state index contributed by atoms with van der Waals surface area (Å²) in [4.78, 5) is 22.9. The number of carboxylic acid groups (broad SMARTS) is 1. The summed E-state index contributed by atoms with van der Waals surface area (Å²) in [6, 6.07) is 7.33. The van der Waals surface area contributed by atoms with E-state index in [9.17, 15) is 9.59 Å². The quantitative estimate of drug-likeness (QED) is 0.828. The van der Waals surface area contributed by atoms with Crippen LogP contribution >= 0.6 is 15.9 Å². The highest BCUT2D eigenvalue weighted by molar-refractivity contribution is 9.10. The maximum Gasteiger partial charge on any atom is 0.306 e. The summed E-state index contributed by atoms with van der Waals surface area (Å²) < 4.78 is 6.11. The van der Waals surface area contributed by atoms with Crippen LogP contribution in [0.15, 0.2) is 28.7 Å². The Bertz CT molecular complexity index is 491. The van der Waals surface area contributed by atoms with E-state index in [-0.39, 0.29) is 24.7 Å². The Kier molecular flexibility index (Phi) is 5.74. The van der Waals surface area contributed by atoms with Crippen molar-refractivity contribution in [2.45, 2.75) is 45.1 Å². The lowest BCUT2D eigenvalue weighted by molar-refractivity contribution is -0.155. The van der Waals surface area contributed by atoms with Crippen LogP contribution in [0, 0.1) is 0 Å². The van der Waals surface area contributed by atoms with Gasteiger partial charge < -0.3 is 9.84 Å². The predicted octanol–water partition coefficient (Wildman–Crippen LogP) is 3.74. The second-order valence-corrected chi connectivity index (χ2v) is 6.56. The monoisotopic (exact) mass is 342 g/mol. The molecule has 110 valence electrons. The molecule has 0 unspecified atom stereocenters. The minimum absolute atomic E-state index is 0.0556. The Morgan fingerprint density at radius 3 is 2.45 bits per heavy atom. The summed E-state index contributed by atoms with van der Waals surface area (Å²) in [6.45, 7) is 5.36. The maximum absolute atomic E-state index is 11.9. The number of aliphatic carboxylic acids is 1. The first-order chi connectivity index (χ1) is 9.17. The molecule has 5 heteroatoms. The fraction of sp³-hybridized carbons (Fsp3) is 0.467. The van der Waals surface area contributed by atoms with Gasteiger partial charge in [0.1, 0.15) is 5.60 Å². The van der Waals surface area contributed by atoms with E-state index < -0.39 is 11.6 Å². The summed E-state index contributed by atoms with van der Waals surface area (Å²) in [5.41, 5.74) is 0.245. The Hall–Kier alpha value is -1.36. The molecule has 1 aromatic rings. The van der Waals surface area contributed by atoms with Crippen LogP contribution in [0.1, 0.15) is 45.1 Å². The fourth-order valence-corrected chi connectivity index (χ4v) is 2.28. The zero-order chi connectivity index (χ0) is 15.3. The zero-order valence-electron chi connectivity index (χ0n) is 11.9. The van der Waals surface area contributed by atoms with E-state index in [0.29, 0.717) is 0 Å². The molecule has 0 aliphatic heterocycles. The van der Waals surface area contributed by atoms with Gasteiger partial charge >= 0.3 is 11.9 Å². The van der Waals surface area contributed by atoms with E-state index >= 15 is 0 Å². The zero-order valence-corrected chi connectivity index (χ0v) is 13.4. The molecule has 1 N–H and O–H groups in total. The molecule has 0 fully saturated rings. The highest BCUT2D eigenvalue weighted by Gasteiger charge is 2.23. The van der Waals surface area contributed by atoms with Gasteiger partial charge in [-0.15, -0.1) is 0 Å². The molecule has 0 saturated heterocycles. The molecule has 0 aromatic heterocycles. The van der Waals surface area contributed by atoms with E-state index in [0.717, 1.165) is 10.0 Å². The van der Waals surface area contributed by atoms with Crippen molar-refractivity contribution < 1.29 is 19.4 Å². The van der Waals surface area contributed by atoms with Crippen molar-refractivity contribution in [2.75, 3.05) is 0 Å². The number of hydrogen-bond acceptors (Lipinski definition) is 3. The third kappa shape index (κ3) is 6.19. The molecule has 1 atom stereocenters. The largest absolute Gasteiger partial charge is 0.481 e. The van der Waals surface area contributed by atoms with Crippen molar-refractivity contribution in [3.8, 4) is 0 Å². The SMILES string of the molecule is CC(C)(C)OC(=O)C[C@@H](CC(=O)O)c1cccc(Br)c1. The van der Waals surface area contributed by atoms with E-state index in [1.165, 1.54) is 0 Å². The van der Waals surface area contributed by atoms with Crippen LogP contribution in [0.3, 0.4) is 0 Å². The highest BCUT2D eigenvalue weighted by Crippen LogP contribution is 2.27. The lowest BCUT2D eigenvalue weighted by Crippen LogP contribution is -2.25. The molecule has 0 bridgehead atoms. The first kappa shape index (κ1) is 16.7. The highest BCUT2D eigenvalue weighted by atomic mass is 79.9. The molecule has 0 radical (unpaired) electrons. The van der Waals surface area contributed by atoms with E-state index in [4.69, 9.17) is 9.84 Å². The van der Waals surface area contributed by atoms with Gasteiger partial charge in [0, 0.05) is 10.4 Å². The summed E-state index contributed by atoms with van der Waals surface area (Å²) in [6.07, 6.45) is -0.0459. The molecule has 4 nitrogen and oxygen atoms in total. The van der Waals surface area contributed by atoms with Gasteiger partial charge in [0.05, 0.1) is 12.8 Å². The van der Waals surface area contributed by atoms with Gasteiger partial charge in [-0.1, -0.05) is 28.1 Å². The smallest absolute Gasteiger partial charge is 0.306 e. The van der Waals surface area contributed by atoms with Gasteiger partial charge in [-0.25, -0.2) is 0 Å². The molecule has 0 aliphatic rings. The van der Waals surface area contributed by atoms with Crippen molar-refractivity contribution in [1.29, 1.82) is 0 Å². The van der Waals surface area contributed by atoms with Crippen LogP contribution in [-0.2, 0) is 14.3 Å². The Balaban J connectivity index is 2.85. The van der Waals surface area contributed by atoms with Crippen molar-refractivity contribution in [2.24, 2.45) is 0 Å². The minimum atomic E-state index is -0.932. The molecule has 20 heavy (non-hydrogen) atoms. The predicted molar refractivity (Wildman–Crippen MR) is 79.6 cm³/mol. The summed E-state index contributed by atoms with van der Waals surface area (Å²) in [5.74, 6) is -1.71. The van der Waals surface area contributed by atoms with E-state index in [2.05, 4.69) is 15.9 Å². The molecule has 0 aliphatic carbocycles. The number of esters is 1. The molecule has 1 rings (SSSR count). The Labute approximate surface area is 127 Å². The van der Waals surface area contributed by atoms with Gasteiger partial charge in [-0.2, -0.15) is 0 Å². The molecular weight excluding hydrogens is 324 g/mol. The van der Waals surface area contributed by atoms with Crippen LogP contribution in [-0.4, -0.2) is 22.6 Å². The summed E-state index contributed by atoms with van der Waals surface area (Å²) in [5, 5.41) is 9.00. The Morgan fingerprint density at radius 2 is 1.95 bits per heavy atom. The normalized spacial score (nSPS) is 12.8. The van der Waals surface area contributed by atoms with Crippen LogP contribution in [0.2, 0.25) is 0 Å².